The van der Waals surface area contributed by atoms with Gasteiger partial charge in [-0.25, -0.2) is 0 Å². The van der Waals surface area contributed by atoms with Crippen LogP contribution in [0.25, 0.3) is 0 Å². The third-order valence-electron chi connectivity index (χ3n) is 8.58. The molecule has 1 amide bonds. The molecule has 0 aliphatic heterocycles. The fourth-order valence-electron chi connectivity index (χ4n) is 5.71. The number of amides is 1. The van der Waals surface area contributed by atoms with E-state index in [0.717, 1.165) is 96.3 Å². The number of allylic oxidation sites excluding steroid dienone is 6. The highest BCUT2D eigenvalue weighted by Gasteiger charge is 2.14. The van der Waals surface area contributed by atoms with Crippen LogP contribution in [0.4, 0.5) is 0 Å². The lowest BCUT2D eigenvalue weighted by Gasteiger charge is -2.18. The molecule has 0 rings (SSSR count). The Balaban J connectivity index is 4.23. The van der Waals surface area contributed by atoms with Crippen molar-refractivity contribution in [3.63, 3.8) is 0 Å². The highest BCUT2D eigenvalue weighted by atomic mass is 16.5. The summed E-state index contributed by atoms with van der Waals surface area (Å²) in [7, 11) is 0. The molecule has 0 spiro atoms. The van der Waals surface area contributed by atoms with E-state index in [1.54, 1.807) is 0 Å². The van der Waals surface area contributed by atoms with Gasteiger partial charge in [-0.2, -0.15) is 0 Å². The predicted molar refractivity (Wildman–Crippen MR) is 199 cm³/mol. The Labute approximate surface area is 289 Å². The minimum absolute atomic E-state index is 0.0147. The number of carbonyl (C=O) groups is 3. The summed E-state index contributed by atoms with van der Waals surface area (Å²) in [5, 5.41) is 11.1. The van der Waals surface area contributed by atoms with Crippen LogP contribution in [0.5, 0.6) is 0 Å². The van der Waals surface area contributed by atoms with Crippen molar-refractivity contribution in [3.8, 4) is 0 Å². The summed E-state index contributed by atoms with van der Waals surface area (Å²) in [6.45, 7) is 4.11. The van der Waals surface area contributed by atoms with E-state index in [1.807, 2.05) is 0 Å². The van der Waals surface area contributed by atoms with Gasteiger partial charge in [-0.3, -0.25) is 14.4 Å². The third kappa shape index (κ3) is 36.3. The van der Waals surface area contributed by atoms with Crippen molar-refractivity contribution in [2.45, 2.75) is 200 Å². The van der Waals surface area contributed by atoms with Crippen molar-refractivity contribution in [1.29, 1.82) is 0 Å². The van der Waals surface area contributed by atoms with E-state index in [0.29, 0.717) is 12.8 Å². The van der Waals surface area contributed by atoms with Crippen molar-refractivity contribution in [3.05, 3.63) is 36.5 Å². The first-order valence-corrected chi connectivity index (χ1v) is 19.6. The highest BCUT2D eigenvalue weighted by Crippen LogP contribution is 2.19. The van der Waals surface area contributed by atoms with E-state index in [-0.39, 0.29) is 24.5 Å². The minimum Gasteiger partial charge on any atom is -0.480 e. The van der Waals surface area contributed by atoms with Gasteiger partial charge in [0.1, 0.15) is 12.6 Å². The van der Waals surface area contributed by atoms with Crippen LogP contribution in [-0.2, 0) is 19.1 Å². The third-order valence-corrected chi connectivity index (χ3v) is 8.58. The largest absolute Gasteiger partial charge is 0.480 e. The smallest absolute Gasteiger partial charge is 0.322 e. The number of aliphatic carboxylic acids is 1. The second-order valence-corrected chi connectivity index (χ2v) is 13.2. The number of esters is 1. The van der Waals surface area contributed by atoms with Gasteiger partial charge in [-0.15, -0.1) is 0 Å². The van der Waals surface area contributed by atoms with Crippen molar-refractivity contribution in [1.82, 2.24) is 5.32 Å². The summed E-state index contributed by atoms with van der Waals surface area (Å²) in [6, 6.07) is 0. The van der Waals surface area contributed by atoms with Crippen LogP contribution in [-0.4, -0.2) is 35.6 Å². The first-order chi connectivity index (χ1) is 23.0. The summed E-state index contributed by atoms with van der Waals surface area (Å²) >= 11 is 0. The molecule has 0 aromatic rings. The zero-order valence-corrected chi connectivity index (χ0v) is 30.6. The molecule has 0 heterocycles. The average molecular weight is 660 g/mol. The molecule has 0 aliphatic rings. The number of hydrogen-bond acceptors (Lipinski definition) is 4. The zero-order valence-electron chi connectivity index (χ0n) is 30.6. The monoisotopic (exact) mass is 660 g/mol. The van der Waals surface area contributed by atoms with Crippen LogP contribution in [0.1, 0.15) is 194 Å². The van der Waals surface area contributed by atoms with Gasteiger partial charge in [0, 0.05) is 12.8 Å². The Morgan fingerprint density at radius 2 is 1.04 bits per heavy atom. The van der Waals surface area contributed by atoms with Gasteiger partial charge in [-0.05, 0) is 70.6 Å². The molecule has 0 bridgehead atoms. The van der Waals surface area contributed by atoms with Crippen LogP contribution in [0.15, 0.2) is 36.5 Å². The number of carbonyl (C=O) groups excluding carboxylic acids is 2. The maximum absolute atomic E-state index is 12.7. The van der Waals surface area contributed by atoms with E-state index in [1.165, 1.54) is 70.6 Å². The molecular weight excluding hydrogens is 586 g/mol. The van der Waals surface area contributed by atoms with E-state index in [4.69, 9.17) is 9.84 Å². The van der Waals surface area contributed by atoms with Crippen LogP contribution in [0, 0.1) is 0 Å². The lowest BCUT2D eigenvalue weighted by atomic mass is 10.0. The summed E-state index contributed by atoms with van der Waals surface area (Å²) in [4.78, 5) is 34.9. The van der Waals surface area contributed by atoms with Crippen LogP contribution < -0.4 is 5.32 Å². The van der Waals surface area contributed by atoms with E-state index in [2.05, 4.69) is 55.6 Å². The minimum atomic E-state index is -1.02. The molecule has 0 aromatic carbocycles. The number of rotatable bonds is 35. The molecule has 1 atom stereocenters. The van der Waals surface area contributed by atoms with Crippen LogP contribution in [0.3, 0.4) is 0 Å². The van der Waals surface area contributed by atoms with Gasteiger partial charge in [-0.1, -0.05) is 147 Å². The standard InChI is InChI=1S/C41H73NO5/c1-3-5-7-9-11-13-15-17-19-21-23-28-32-36-41(46)47-38(33-29-25-22-20-18-16-14-12-10-8-6-4-2)34-30-26-24-27-31-35-39(43)42-37-40(44)45/h5,7,11,13,17,19,38H,3-4,6,8-10,12,14-16,18,20-37H2,1-2H3,(H,42,43)(H,44,45)/b7-5-,13-11-,19-17-. The SMILES string of the molecule is CC/C=C\C/C=C\C/C=C\CCCCCC(=O)OC(CCCCCCCCCCCCCC)CCCCCCCC(=O)NCC(=O)O. The maximum Gasteiger partial charge on any atom is 0.322 e. The number of hydrogen-bond donors (Lipinski definition) is 2. The summed E-state index contributed by atoms with van der Waals surface area (Å²) in [5.41, 5.74) is 0. The van der Waals surface area contributed by atoms with Crippen molar-refractivity contribution in [2.75, 3.05) is 6.54 Å². The van der Waals surface area contributed by atoms with Gasteiger partial charge < -0.3 is 15.2 Å². The van der Waals surface area contributed by atoms with E-state index in [9.17, 15) is 14.4 Å². The van der Waals surface area contributed by atoms with Crippen molar-refractivity contribution >= 4 is 17.8 Å². The molecule has 6 nitrogen and oxygen atoms in total. The second-order valence-electron chi connectivity index (χ2n) is 13.2. The molecule has 272 valence electrons. The number of unbranched alkanes of at least 4 members (excludes halogenated alkanes) is 18. The number of carboxylic acids is 1. The molecule has 0 saturated heterocycles. The zero-order chi connectivity index (χ0) is 34.5. The second kappa shape index (κ2) is 36.5. The molecule has 2 N–H and O–H groups in total. The number of carboxylic acid groups (broad SMARTS) is 1. The van der Waals surface area contributed by atoms with Gasteiger partial charge >= 0.3 is 11.9 Å². The maximum atomic E-state index is 12.7. The molecule has 0 radical (unpaired) electrons. The van der Waals surface area contributed by atoms with E-state index >= 15 is 0 Å². The van der Waals surface area contributed by atoms with Crippen LogP contribution in [0.2, 0.25) is 0 Å². The quantitative estimate of drug-likeness (QED) is 0.0401. The van der Waals surface area contributed by atoms with Gasteiger partial charge in [0.25, 0.3) is 0 Å². The Hall–Kier alpha value is -2.37. The number of nitrogens with one attached hydrogen (secondary N) is 1. The fourth-order valence-corrected chi connectivity index (χ4v) is 5.71. The molecule has 0 aliphatic carbocycles. The Bertz CT molecular complexity index is 819. The fraction of sp³-hybridized carbons (Fsp3) is 0.780. The lowest BCUT2D eigenvalue weighted by molar-refractivity contribution is -0.150. The highest BCUT2D eigenvalue weighted by molar-refractivity contribution is 5.80. The lowest BCUT2D eigenvalue weighted by Crippen LogP contribution is -2.28. The topological polar surface area (TPSA) is 92.7 Å². The van der Waals surface area contributed by atoms with Gasteiger partial charge in [0.2, 0.25) is 5.91 Å². The first kappa shape index (κ1) is 44.6. The Morgan fingerprint density at radius 1 is 0.574 bits per heavy atom. The van der Waals surface area contributed by atoms with Crippen LogP contribution >= 0.6 is 0 Å². The molecule has 1 unspecified atom stereocenters. The first-order valence-electron chi connectivity index (χ1n) is 19.6. The molecule has 0 saturated carbocycles. The summed E-state index contributed by atoms with van der Waals surface area (Å²) < 4.78 is 6.00. The summed E-state index contributed by atoms with van der Waals surface area (Å²) in [6.07, 6.45) is 44.0. The van der Waals surface area contributed by atoms with Gasteiger partial charge in [0.15, 0.2) is 0 Å². The molecular formula is C41H73NO5. The summed E-state index contributed by atoms with van der Waals surface area (Å²) in [5.74, 6) is -1.26. The van der Waals surface area contributed by atoms with Crippen molar-refractivity contribution < 1.29 is 24.2 Å². The molecule has 6 heteroatoms. The average Bonchev–Trinajstić information content (AvgIpc) is 3.05. The molecule has 0 fully saturated rings. The Kier molecular flexibility index (Phi) is 34.6. The predicted octanol–water partition coefficient (Wildman–Crippen LogP) is 11.7. The molecule has 0 aromatic heterocycles. The normalized spacial score (nSPS) is 12.4. The van der Waals surface area contributed by atoms with Crippen molar-refractivity contribution in [2.24, 2.45) is 0 Å². The molecule has 47 heavy (non-hydrogen) atoms. The Morgan fingerprint density at radius 3 is 1.60 bits per heavy atom. The number of ether oxygens (including phenoxy) is 1. The van der Waals surface area contributed by atoms with E-state index < -0.39 is 5.97 Å². The van der Waals surface area contributed by atoms with Gasteiger partial charge in [0.05, 0.1) is 0 Å².